The van der Waals surface area contributed by atoms with Gasteiger partial charge in [-0.15, -0.1) is 0 Å². The van der Waals surface area contributed by atoms with Crippen molar-refractivity contribution >= 4 is 11.0 Å². The molecule has 6 rings (SSSR count). The van der Waals surface area contributed by atoms with Crippen LogP contribution in [0.1, 0.15) is 36.9 Å². The van der Waals surface area contributed by atoms with E-state index in [2.05, 4.69) is 19.9 Å². The number of nitrogens with one attached hydrogen (secondary N) is 1. The Labute approximate surface area is 148 Å². The fourth-order valence-corrected chi connectivity index (χ4v) is 4.69. The Hall–Kier alpha value is -3.02. The summed E-state index contributed by atoms with van der Waals surface area (Å²) in [7, 11) is 0. The first-order valence-corrected chi connectivity index (χ1v) is 8.96. The highest BCUT2D eigenvalue weighted by Gasteiger charge is 2.41. The molecule has 1 aliphatic carbocycles. The molecule has 6 heteroatoms. The van der Waals surface area contributed by atoms with Crippen LogP contribution in [-0.2, 0) is 0 Å². The number of fused-ring (bicyclic) bond motifs is 6. The van der Waals surface area contributed by atoms with Crippen molar-refractivity contribution in [3.05, 3.63) is 54.2 Å². The quantitative estimate of drug-likeness (QED) is 0.584. The minimum atomic E-state index is -0.233. The molecule has 4 aromatic rings. The van der Waals surface area contributed by atoms with Crippen molar-refractivity contribution in [3.63, 3.8) is 0 Å². The molecular weight excluding hydrogens is 329 g/mol. The highest BCUT2D eigenvalue weighted by Crippen LogP contribution is 2.54. The van der Waals surface area contributed by atoms with Gasteiger partial charge in [-0.05, 0) is 55.2 Å². The molecule has 1 aromatic carbocycles. The van der Waals surface area contributed by atoms with Gasteiger partial charge in [-0.2, -0.15) is 10.2 Å². The van der Waals surface area contributed by atoms with Crippen LogP contribution in [0.15, 0.2) is 42.7 Å². The zero-order valence-corrected chi connectivity index (χ0v) is 14.0. The second kappa shape index (κ2) is 5.00. The average molecular weight is 345 g/mol. The van der Waals surface area contributed by atoms with Crippen molar-refractivity contribution in [2.75, 3.05) is 0 Å². The normalized spacial score (nSPS) is 20.8. The van der Waals surface area contributed by atoms with Gasteiger partial charge in [0.15, 0.2) is 5.65 Å². The Morgan fingerprint density at radius 2 is 2.00 bits per heavy atom. The molecule has 2 atom stereocenters. The number of nitrogens with zero attached hydrogens (tertiary/aromatic N) is 4. The molecule has 4 heterocycles. The van der Waals surface area contributed by atoms with Gasteiger partial charge in [-0.25, -0.2) is 9.37 Å². The maximum absolute atomic E-state index is 13.4. The van der Waals surface area contributed by atoms with E-state index in [1.165, 1.54) is 37.1 Å². The van der Waals surface area contributed by atoms with E-state index in [1.54, 1.807) is 0 Å². The van der Waals surface area contributed by atoms with Gasteiger partial charge in [0.25, 0.3) is 0 Å². The molecule has 2 bridgehead atoms. The average Bonchev–Trinajstić information content (AvgIpc) is 3.42. The predicted octanol–water partition coefficient (Wildman–Crippen LogP) is 4.45. The van der Waals surface area contributed by atoms with Crippen LogP contribution in [0, 0.1) is 5.82 Å². The molecule has 1 aliphatic heterocycles. The number of benzene rings is 1. The van der Waals surface area contributed by atoms with Crippen LogP contribution in [-0.4, -0.2) is 25.0 Å². The monoisotopic (exact) mass is 345 g/mol. The van der Waals surface area contributed by atoms with Gasteiger partial charge in [-0.3, -0.25) is 9.78 Å². The zero-order valence-electron chi connectivity index (χ0n) is 14.0. The van der Waals surface area contributed by atoms with E-state index in [-0.39, 0.29) is 5.82 Å². The van der Waals surface area contributed by atoms with E-state index in [1.807, 2.05) is 30.6 Å². The minimum absolute atomic E-state index is 0.233. The molecule has 1 fully saturated rings. The topological polar surface area (TPSA) is 59.4 Å². The number of aromatic amines is 1. The van der Waals surface area contributed by atoms with Crippen LogP contribution >= 0.6 is 0 Å². The van der Waals surface area contributed by atoms with Crippen molar-refractivity contribution in [1.82, 2.24) is 25.0 Å². The second-order valence-electron chi connectivity index (χ2n) is 7.21. The largest absolute Gasteiger partial charge is 0.265 e. The Bertz CT molecular complexity index is 1140. The first-order valence-electron chi connectivity index (χ1n) is 8.96. The third kappa shape index (κ3) is 1.81. The SMILES string of the molecule is Fc1ccc(-c2nn3c(c2-c2ccnc4[nH]ncc24)[C@@H]2CC[C@H]3C2)cc1. The van der Waals surface area contributed by atoms with E-state index in [4.69, 9.17) is 5.10 Å². The summed E-state index contributed by atoms with van der Waals surface area (Å²) in [5.74, 6) is 0.315. The number of rotatable bonds is 2. The van der Waals surface area contributed by atoms with Crippen LogP contribution in [0.25, 0.3) is 33.4 Å². The summed E-state index contributed by atoms with van der Waals surface area (Å²) in [6.45, 7) is 0. The molecule has 1 saturated carbocycles. The molecular formula is C20H16FN5. The third-order valence-electron chi connectivity index (χ3n) is 5.83. The highest BCUT2D eigenvalue weighted by molar-refractivity contribution is 5.97. The van der Waals surface area contributed by atoms with Crippen LogP contribution in [0.3, 0.4) is 0 Å². The van der Waals surface area contributed by atoms with Crippen LogP contribution in [0.2, 0.25) is 0 Å². The van der Waals surface area contributed by atoms with Gasteiger partial charge < -0.3 is 0 Å². The van der Waals surface area contributed by atoms with E-state index in [0.717, 1.165) is 33.4 Å². The molecule has 5 nitrogen and oxygen atoms in total. The molecule has 0 spiro atoms. The molecule has 0 unspecified atom stereocenters. The molecule has 3 aromatic heterocycles. The zero-order chi connectivity index (χ0) is 17.3. The first kappa shape index (κ1) is 14.2. The Kier molecular flexibility index (Phi) is 2.73. The Morgan fingerprint density at radius 1 is 1.12 bits per heavy atom. The van der Waals surface area contributed by atoms with Gasteiger partial charge in [0.2, 0.25) is 0 Å². The van der Waals surface area contributed by atoms with Crippen molar-refractivity contribution in [2.24, 2.45) is 0 Å². The van der Waals surface area contributed by atoms with Gasteiger partial charge in [0.05, 0.1) is 17.9 Å². The summed E-state index contributed by atoms with van der Waals surface area (Å²) in [4.78, 5) is 4.37. The van der Waals surface area contributed by atoms with Crippen molar-refractivity contribution in [1.29, 1.82) is 0 Å². The van der Waals surface area contributed by atoms with Crippen LogP contribution < -0.4 is 0 Å². The summed E-state index contributed by atoms with van der Waals surface area (Å²) < 4.78 is 15.7. The van der Waals surface area contributed by atoms with E-state index in [9.17, 15) is 4.39 Å². The van der Waals surface area contributed by atoms with Crippen molar-refractivity contribution in [2.45, 2.75) is 31.2 Å². The van der Waals surface area contributed by atoms with Crippen LogP contribution in [0.5, 0.6) is 0 Å². The van der Waals surface area contributed by atoms with Gasteiger partial charge >= 0.3 is 0 Å². The molecule has 0 radical (unpaired) electrons. The number of halogens is 1. The predicted molar refractivity (Wildman–Crippen MR) is 96.1 cm³/mol. The minimum Gasteiger partial charge on any atom is -0.265 e. The maximum atomic E-state index is 13.4. The fourth-order valence-electron chi connectivity index (χ4n) is 4.69. The maximum Gasteiger partial charge on any atom is 0.155 e. The number of H-pyrrole nitrogens is 1. The smallest absolute Gasteiger partial charge is 0.155 e. The lowest BCUT2D eigenvalue weighted by molar-refractivity contribution is 0.478. The molecule has 2 aliphatic rings. The van der Waals surface area contributed by atoms with E-state index in [0.29, 0.717) is 12.0 Å². The molecule has 0 saturated heterocycles. The third-order valence-corrected chi connectivity index (χ3v) is 5.83. The lowest BCUT2D eigenvalue weighted by Crippen LogP contribution is -2.07. The summed E-state index contributed by atoms with van der Waals surface area (Å²) >= 11 is 0. The number of hydrogen-bond acceptors (Lipinski definition) is 3. The van der Waals surface area contributed by atoms with Crippen molar-refractivity contribution in [3.8, 4) is 22.4 Å². The van der Waals surface area contributed by atoms with Crippen molar-refractivity contribution < 1.29 is 4.39 Å². The van der Waals surface area contributed by atoms with E-state index < -0.39 is 0 Å². The van der Waals surface area contributed by atoms with Gasteiger partial charge in [0.1, 0.15) is 11.5 Å². The number of aromatic nitrogens is 5. The summed E-state index contributed by atoms with van der Waals surface area (Å²) in [6.07, 6.45) is 7.22. The Morgan fingerprint density at radius 3 is 2.88 bits per heavy atom. The lowest BCUT2D eigenvalue weighted by Gasteiger charge is -2.14. The summed E-state index contributed by atoms with van der Waals surface area (Å²) in [6, 6.07) is 9.15. The molecule has 128 valence electrons. The number of pyridine rings is 1. The molecule has 0 amide bonds. The molecule has 1 N–H and O–H groups in total. The highest BCUT2D eigenvalue weighted by atomic mass is 19.1. The number of hydrogen-bond donors (Lipinski definition) is 1. The standard InChI is InChI=1S/C20H16FN5/c21-13-4-1-11(2-5-13)18-17(15-7-8-22-20-16(15)10-23-24-20)19-12-3-6-14(9-12)26(19)25-18/h1-2,4-5,7-8,10,12,14H,3,6,9H2,(H,22,23,24)/t12-,14+/m1/s1. The van der Waals surface area contributed by atoms with Crippen LogP contribution in [0.4, 0.5) is 4.39 Å². The van der Waals surface area contributed by atoms with Gasteiger partial charge in [-0.1, -0.05) is 0 Å². The second-order valence-corrected chi connectivity index (χ2v) is 7.21. The molecule has 26 heavy (non-hydrogen) atoms. The lowest BCUT2D eigenvalue weighted by atomic mass is 9.92. The first-order chi connectivity index (χ1) is 12.8. The van der Waals surface area contributed by atoms with Gasteiger partial charge in [0, 0.05) is 28.6 Å². The fraction of sp³-hybridized carbons (Fsp3) is 0.250. The summed E-state index contributed by atoms with van der Waals surface area (Å²) in [5, 5.41) is 13.1. The summed E-state index contributed by atoms with van der Waals surface area (Å²) in [5.41, 5.74) is 6.20. The van der Waals surface area contributed by atoms with E-state index >= 15 is 0 Å². The Balaban J connectivity index is 1.68.